The molecule has 1 saturated heterocycles. The largest absolute Gasteiger partial charge is 0.362 e. The lowest BCUT2D eigenvalue weighted by Gasteiger charge is -2.09. The third-order valence-electron chi connectivity index (χ3n) is 3.72. The van der Waals surface area contributed by atoms with E-state index >= 15 is 0 Å². The number of hydrogen-bond donors (Lipinski definition) is 2. The first kappa shape index (κ1) is 16.4. The number of hydrogen-bond acceptors (Lipinski definition) is 7. The quantitative estimate of drug-likeness (QED) is 0.432. The molecule has 3 rings (SSSR count). The topological polar surface area (TPSA) is 147 Å². The smallest absolute Gasteiger partial charge is 0.299 e. The monoisotopic (exact) mass is 346 g/mol. The highest BCUT2D eigenvalue weighted by Gasteiger charge is 2.33. The zero-order valence-corrected chi connectivity index (χ0v) is 13.0. The Hall–Kier alpha value is -3.50. The molecule has 2 N–H and O–H groups in total. The number of anilines is 1. The summed E-state index contributed by atoms with van der Waals surface area (Å²) in [6.45, 7) is 1.44. The summed E-state index contributed by atoms with van der Waals surface area (Å²) in [6.07, 6.45) is 3.65. The van der Waals surface area contributed by atoms with Crippen LogP contribution in [0.25, 0.3) is 0 Å². The average molecular weight is 346 g/mol. The van der Waals surface area contributed by atoms with E-state index in [0.29, 0.717) is 25.3 Å². The predicted octanol–water partition coefficient (Wildman–Crippen LogP) is 1.02. The first-order valence-corrected chi connectivity index (χ1v) is 7.45. The molecule has 0 unspecified atom stereocenters. The van der Waals surface area contributed by atoms with Gasteiger partial charge >= 0.3 is 0 Å². The number of carbonyl (C=O) groups excluding carboxylic acids is 1. The number of nitro benzene ring substituents is 2. The maximum absolute atomic E-state index is 12.3. The Kier molecular flexibility index (Phi) is 4.29. The van der Waals surface area contributed by atoms with Crippen LogP contribution in [0.4, 0.5) is 17.1 Å². The Bertz CT molecular complexity index is 830. The van der Waals surface area contributed by atoms with E-state index in [4.69, 9.17) is 0 Å². The minimum atomic E-state index is -0.791. The van der Waals surface area contributed by atoms with Crippen LogP contribution in [0, 0.1) is 20.2 Å². The molecule has 2 aromatic rings. The molecule has 0 saturated carbocycles. The van der Waals surface area contributed by atoms with Gasteiger partial charge in [0.2, 0.25) is 0 Å². The molecular formula is C14H14N6O5. The second kappa shape index (κ2) is 6.55. The lowest BCUT2D eigenvalue weighted by atomic mass is 10.1. The number of imidazole rings is 1. The van der Waals surface area contributed by atoms with Gasteiger partial charge in [0.15, 0.2) is 0 Å². The van der Waals surface area contributed by atoms with Crippen molar-refractivity contribution in [2.45, 2.75) is 6.42 Å². The lowest BCUT2D eigenvalue weighted by molar-refractivity contribution is -0.393. The van der Waals surface area contributed by atoms with Crippen LogP contribution in [0.5, 0.6) is 0 Å². The third kappa shape index (κ3) is 3.54. The van der Waals surface area contributed by atoms with Crippen LogP contribution < -0.4 is 10.2 Å². The van der Waals surface area contributed by atoms with Gasteiger partial charge < -0.3 is 15.2 Å². The summed E-state index contributed by atoms with van der Waals surface area (Å²) in [7, 11) is 0. The minimum Gasteiger partial charge on any atom is -0.362 e. The van der Waals surface area contributed by atoms with Crippen molar-refractivity contribution < 1.29 is 14.6 Å². The van der Waals surface area contributed by atoms with Crippen molar-refractivity contribution in [3.8, 4) is 0 Å². The fraction of sp³-hybridized carbons (Fsp3) is 0.286. The fourth-order valence-electron chi connectivity index (χ4n) is 2.41. The van der Waals surface area contributed by atoms with Crippen molar-refractivity contribution in [3.63, 3.8) is 0 Å². The number of nitrogens with zero attached hydrogens (tertiary/aromatic N) is 4. The minimum absolute atomic E-state index is 0.197. The third-order valence-corrected chi connectivity index (χ3v) is 3.72. The normalized spacial score (nSPS) is 12.7. The van der Waals surface area contributed by atoms with Crippen molar-refractivity contribution in [1.82, 2.24) is 15.3 Å². The number of rotatable bonds is 7. The van der Waals surface area contributed by atoms with Gasteiger partial charge in [-0.2, -0.15) is 0 Å². The molecule has 11 heteroatoms. The summed E-state index contributed by atoms with van der Waals surface area (Å²) in [5.41, 5.74) is -0.951. The molecule has 0 radical (unpaired) electrons. The van der Waals surface area contributed by atoms with Gasteiger partial charge in [-0.1, -0.05) is 0 Å². The molecule has 1 fully saturated rings. The fourth-order valence-corrected chi connectivity index (χ4v) is 2.41. The number of aromatic amines is 1. The number of nitrogens with one attached hydrogen (secondary N) is 2. The molecule has 130 valence electrons. The van der Waals surface area contributed by atoms with Crippen molar-refractivity contribution in [1.29, 1.82) is 0 Å². The van der Waals surface area contributed by atoms with Gasteiger partial charge in [-0.15, -0.1) is 0 Å². The Morgan fingerprint density at radius 3 is 2.52 bits per heavy atom. The van der Waals surface area contributed by atoms with Crippen molar-refractivity contribution >= 4 is 23.0 Å². The lowest BCUT2D eigenvalue weighted by Crippen LogP contribution is -2.27. The van der Waals surface area contributed by atoms with E-state index in [1.807, 2.05) is 0 Å². The summed E-state index contributed by atoms with van der Waals surface area (Å²) in [4.78, 5) is 41.8. The Morgan fingerprint density at radius 1 is 1.24 bits per heavy atom. The van der Waals surface area contributed by atoms with Crippen molar-refractivity contribution in [2.75, 3.05) is 24.5 Å². The highest BCUT2D eigenvalue weighted by Crippen LogP contribution is 2.37. The second-order valence-electron chi connectivity index (χ2n) is 5.40. The zero-order valence-electron chi connectivity index (χ0n) is 13.0. The van der Waals surface area contributed by atoms with E-state index < -0.39 is 21.4 Å². The zero-order chi connectivity index (χ0) is 18.0. The van der Waals surface area contributed by atoms with Gasteiger partial charge in [0.05, 0.1) is 15.9 Å². The molecule has 0 bridgehead atoms. The molecule has 0 spiro atoms. The van der Waals surface area contributed by atoms with Crippen molar-refractivity contribution in [2.24, 2.45) is 0 Å². The first-order chi connectivity index (χ1) is 12.0. The van der Waals surface area contributed by atoms with Gasteiger partial charge in [-0.3, -0.25) is 25.0 Å². The number of aromatic nitrogens is 2. The number of benzene rings is 1. The summed E-state index contributed by atoms with van der Waals surface area (Å²) in [6, 6.07) is 2.06. The molecule has 1 aromatic carbocycles. The Labute approximate surface area is 141 Å². The molecule has 0 atom stereocenters. The van der Waals surface area contributed by atoms with Gasteiger partial charge in [0.25, 0.3) is 17.3 Å². The van der Waals surface area contributed by atoms with Gasteiger partial charge in [0, 0.05) is 38.4 Å². The Morgan fingerprint density at radius 2 is 1.96 bits per heavy atom. The van der Waals surface area contributed by atoms with Crippen LogP contribution in [0.15, 0.2) is 24.5 Å². The summed E-state index contributed by atoms with van der Waals surface area (Å²) < 4.78 is 0. The van der Waals surface area contributed by atoms with Gasteiger partial charge in [0.1, 0.15) is 17.1 Å². The number of carbonyl (C=O) groups is 1. The number of nitro groups is 2. The van der Waals surface area contributed by atoms with Crippen molar-refractivity contribution in [3.05, 3.63) is 56.1 Å². The van der Waals surface area contributed by atoms with E-state index in [-0.39, 0.29) is 23.5 Å². The number of amides is 1. The van der Waals surface area contributed by atoms with Crippen LogP contribution >= 0.6 is 0 Å². The molecule has 1 aromatic heterocycles. The molecule has 11 nitrogen and oxygen atoms in total. The summed E-state index contributed by atoms with van der Waals surface area (Å²) in [5.74, 6) is 0.0135. The van der Waals surface area contributed by atoms with E-state index in [0.717, 1.165) is 6.07 Å². The maximum atomic E-state index is 12.3. The molecule has 1 aliphatic heterocycles. The molecular weight excluding hydrogens is 332 g/mol. The van der Waals surface area contributed by atoms with E-state index in [1.54, 1.807) is 17.3 Å². The molecule has 1 aliphatic rings. The molecule has 2 heterocycles. The molecule has 0 aliphatic carbocycles. The predicted molar refractivity (Wildman–Crippen MR) is 86.6 cm³/mol. The number of H-pyrrole nitrogens is 1. The van der Waals surface area contributed by atoms with Crippen LogP contribution in [0.2, 0.25) is 0 Å². The molecule has 1 amide bonds. The van der Waals surface area contributed by atoms with Crippen LogP contribution in [-0.4, -0.2) is 45.4 Å². The van der Waals surface area contributed by atoms with E-state index in [1.165, 1.54) is 6.07 Å². The van der Waals surface area contributed by atoms with Crippen LogP contribution in [-0.2, 0) is 6.42 Å². The second-order valence-corrected chi connectivity index (χ2v) is 5.40. The summed E-state index contributed by atoms with van der Waals surface area (Å²) in [5, 5.41) is 25.0. The standard InChI is InChI=1S/C14H14N6O5/c21-14(17-2-1-13-15-3-4-16-13)9-7-11(18-5-6-18)12(20(24)25)8-10(9)19(22)23/h3-4,7-8H,1-2,5-6H2,(H,15,16)(H,17,21). The Balaban J connectivity index is 1.85. The van der Waals surface area contributed by atoms with Crippen LogP contribution in [0.3, 0.4) is 0 Å². The highest BCUT2D eigenvalue weighted by atomic mass is 16.6. The summed E-state index contributed by atoms with van der Waals surface area (Å²) >= 11 is 0. The van der Waals surface area contributed by atoms with Crippen LogP contribution in [0.1, 0.15) is 16.2 Å². The maximum Gasteiger partial charge on any atom is 0.299 e. The SMILES string of the molecule is O=C(NCCc1ncc[nH]1)c1cc(N2CC2)c([N+](=O)[O-])cc1[N+](=O)[O-]. The first-order valence-electron chi connectivity index (χ1n) is 7.45. The van der Waals surface area contributed by atoms with E-state index in [2.05, 4.69) is 15.3 Å². The van der Waals surface area contributed by atoms with E-state index in [9.17, 15) is 25.0 Å². The van der Waals surface area contributed by atoms with Gasteiger partial charge in [-0.05, 0) is 6.07 Å². The average Bonchev–Trinajstić information content (AvgIpc) is 3.30. The molecule has 25 heavy (non-hydrogen) atoms. The highest BCUT2D eigenvalue weighted by molar-refractivity contribution is 6.00. The van der Waals surface area contributed by atoms with Gasteiger partial charge in [-0.25, -0.2) is 4.98 Å².